The number of carbonyl (C=O) groups is 2. The predicted octanol–water partition coefficient (Wildman–Crippen LogP) is 3.23. The van der Waals surface area contributed by atoms with Gasteiger partial charge < -0.3 is 20.3 Å². The first-order valence-electron chi connectivity index (χ1n) is 9.16. The van der Waals surface area contributed by atoms with Gasteiger partial charge in [0, 0.05) is 24.0 Å². The van der Waals surface area contributed by atoms with Gasteiger partial charge in [-0.05, 0) is 30.4 Å². The topological polar surface area (TPSA) is 114 Å². The molecule has 1 saturated heterocycles. The Morgan fingerprint density at radius 2 is 2.21 bits per heavy atom. The Balaban J connectivity index is 1.59. The van der Waals surface area contributed by atoms with Crippen LogP contribution in [0.2, 0.25) is 0 Å². The molecule has 3 rings (SSSR count). The van der Waals surface area contributed by atoms with Crippen LogP contribution in [0.15, 0.2) is 35.7 Å². The van der Waals surface area contributed by atoms with Gasteiger partial charge in [0.05, 0.1) is 36.2 Å². The maximum atomic E-state index is 12.7. The fraction of sp³-hybridized carbons (Fsp3) is 0.368. The van der Waals surface area contributed by atoms with Crippen molar-refractivity contribution >= 4 is 34.6 Å². The van der Waals surface area contributed by atoms with Crippen molar-refractivity contribution < 1.29 is 19.2 Å². The number of thiophene rings is 1. The zero-order valence-electron chi connectivity index (χ0n) is 15.9. The Kier molecular flexibility index (Phi) is 6.65. The molecule has 1 aliphatic rings. The molecule has 1 aromatic heterocycles. The summed E-state index contributed by atoms with van der Waals surface area (Å²) in [6.07, 6.45) is 1.39. The number of nitro groups is 1. The molecule has 0 radical (unpaired) electrons. The number of nitro benzene ring substituents is 1. The Morgan fingerprint density at radius 3 is 2.90 bits per heavy atom. The number of anilines is 1. The number of amides is 3. The smallest absolute Gasteiger partial charge is 0.317 e. The summed E-state index contributed by atoms with van der Waals surface area (Å²) in [5.74, 6) is -0.391. The zero-order chi connectivity index (χ0) is 20.8. The van der Waals surface area contributed by atoms with Crippen molar-refractivity contribution in [3.8, 4) is 5.75 Å². The van der Waals surface area contributed by atoms with Crippen LogP contribution in [0.5, 0.6) is 5.75 Å². The highest BCUT2D eigenvalue weighted by Crippen LogP contribution is 2.30. The molecule has 154 valence electrons. The highest BCUT2D eigenvalue weighted by atomic mass is 32.1. The van der Waals surface area contributed by atoms with Crippen LogP contribution in [-0.4, -0.2) is 42.0 Å². The molecule has 1 aliphatic heterocycles. The van der Waals surface area contributed by atoms with Crippen LogP contribution in [0.1, 0.15) is 17.7 Å². The van der Waals surface area contributed by atoms with Gasteiger partial charge in [0.25, 0.3) is 5.69 Å². The molecule has 0 aliphatic carbocycles. The molecule has 0 saturated carbocycles. The number of nitrogens with one attached hydrogen (secondary N) is 2. The van der Waals surface area contributed by atoms with Crippen LogP contribution in [0.3, 0.4) is 0 Å². The second-order valence-electron chi connectivity index (χ2n) is 6.65. The van der Waals surface area contributed by atoms with Crippen molar-refractivity contribution in [1.29, 1.82) is 0 Å². The molecular weight excluding hydrogens is 396 g/mol. The third-order valence-corrected chi connectivity index (χ3v) is 5.60. The Morgan fingerprint density at radius 1 is 1.38 bits per heavy atom. The number of nitrogens with zero attached hydrogens (tertiary/aromatic N) is 2. The molecule has 1 fully saturated rings. The molecule has 2 aromatic rings. The standard InChI is InChI=1S/C19H22N4O5S/c1-28-17-10-14(23(26)27)6-7-16(17)21-18(24)13-4-2-8-22(12-13)19(25)20-11-15-5-3-9-29-15/h3,5-7,9-10,13H,2,4,8,11-12H2,1H3,(H,20,25)(H,21,24). The van der Waals surface area contributed by atoms with Crippen LogP contribution in [-0.2, 0) is 11.3 Å². The number of non-ortho nitro benzene ring substituents is 1. The quantitative estimate of drug-likeness (QED) is 0.552. The lowest BCUT2D eigenvalue weighted by molar-refractivity contribution is -0.384. The third kappa shape index (κ3) is 5.23. The van der Waals surface area contributed by atoms with Gasteiger partial charge in [0.15, 0.2) is 0 Å². The first-order valence-corrected chi connectivity index (χ1v) is 10.0. The van der Waals surface area contributed by atoms with Crippen LogP contribution >= 0.6 is 11.3 Å². The SMILES string of the molecule is COc1cc([N+](=O)[O-])ccc1NC(=O)C1CCCN(C(=O)NCc2cccs2)C1. The number of urea groups is 1. The average molecular weight is 418 g/mol. The molecule has 29 heavy (non-hydrogen) atoms. The van der Waals surface area contributed by atoms with E-state index in [1.165, 1.54) is 25.3 Å². The number of likely N-dealkylation sites (tertiary alicyclic amines) is 1. The Hall–Kier alpha value is -3.14. The highest BCUT2D eigenvalue weighted by Gasteiger charge is 2.29. The first-order chi connectivity index (χ1) is 14.0. The fourth-order valence-electron chi connectivity index (χ4n) is 3.19. The van der Waals surface area contributed by atoms with E-state index in [1.54, 1.807) is 16.2 Å². The van der Waals surface area contributed by atoms with Gasteiger partial charge in [0.1, 0.15) is 5.75 Å². The number of hydrogen-bond donors (Lipinski definition) is 2. The van der Waals surface area contributed by atoms with Crippen molar-refractivity contribution in [2.45, 2.75) is 19.4 Å². The summed E-state index contributed by atoms with van der Waals surface area (Å²) in [6, 6.07) is 7.71. The minimum absolute atomic E-state index is 0.119. The zero-order valence-corrected chi connectivity index (χ0v) is 16.7. The van der Waals surface area contributed by atoms with Gasteiger partial charge in [0.2, 0.25) is 5.91 Å². The Bertz CT molecular complexity index is 887. The van der Waals surface area contributed by atoms with Crippen LogP contribution < -0.4 is 15.4 Å². The van der Waals surface area contributed by atoms with Gasteiger partial charge >= 0.3 is 6.03 Å². The molecule has 9 nitrogen and oxygen atoms in total. The maximum Gasteiger partial charge on any atom is 0.317 e. The predicted molar refractivity (Wildman–Crippen MR) is 109 cm³/mol. The number of benzene rings is 1. The number of methoxy groups -OCH3 is 1. The number of carbonyl (C=O) groups excluding carboxylic acids is 2. The van der Waals surface area contributed by atoms with E-state index in [0.717, 1.165) is 11.3 Å². The van der Waals surface area contributed by atoms with Gasteiger partial charge in [-0.15, -0.1) is 11.3 Å². The van der Waals surface area contributed by atoms with Crippen molar-refractivity contribution in [2.75, 3.05) is 25.5 Å². The van der Waals surface area contributed by atoms with Crippen LogP contribution in [0.25, 0.3) is 0 Å². The minimum atomic E-state index is -0.526. The van der Waals surface area contributed by atoms with Gasteiger partial charge in [-0.1, -0.05) is 6.07 Å². The number of piperidine rings is 1. The minimum Gasteiger partial charge on any atom is -0.494 e. The second kappa shape index (κ2) is 9.37. The van der Waals surface area contributed by atoms with E-state index in [0.29, 0.717) is 31.7 Å². The fourth-order valence-corrected chi connectivity index (χ4v) is 3.84. The Labute approximate surface area is 171 Å². The molecule has 2 heterocycles. The lowest BCUT2D eigenvalue weighted by Crippen LogP contribution is -2.47. The molecule has 0 bridgehead atoms. The van der Waals surface area contributed by atoms with Crippen LogP contribution in [0.4, 0.5) is 16.2 Å². The summed E-state index contributed by atoms with van der Waals surface area (Å²) in [5, 5.41) is 18.5. The number of ether oxygens (including phenoxy) is 1. The molecular formula is C19H22N4O5S. The first kappa shape index (κ1) is 20.6. The van der Waals surface area contributed by atoms with E-state index in [2.05, 4.69) is 10.6 Å². The van der Waals surface area contributed by atoms with E-state index in [1.807, 2.05) is 17.5 Å². The van der Waals surface area contributed by atoms with Crippen molar-refractivity contribution in [3.05, 3.63) is 50.7 Å². The summed E-state index contributed by atoms with van der Waals surface area (Å²) in [6.45, 7) is 1.38. The molecule has 1 atom stereocenters. The molecule has 10 heteroatoms. The van der Waals surface area contributed by atoms with Crippen molar-refractivity contribution in [2.24, 2.45) is 5.92 Å². The summed E-state index contributed by atoms with van der Waals surface area (Å²) in [7, 11) is 1.38. The van der Waals surface area contributed by atoms with E-state index in [4.69, 9.17) is 4.74 Å². The van der Waals surface area contributed by atoms with E-state index in [9.17, 15) is 19.7 Å². The van der Waals surface area contributed by atoms with Gasteiger partial charge in [-0.2, -0.15) is 0 Å². The largest absolute Gasteiger partial charge is 0.494 e. The number of hydrogen-bond acceptors (Lipinski definition) is 6. The van der Waals surface area contributed by atoms with Crippen molar-refractivity contribution in [3.63, 3.8) is 0 Å². The van der Waals surface area contributed by atoms with Gasteiger partial charge in [-0.25, -0.2) is 4.79 Å². The summed E-state index contributed by atoms with van der Waals surface area (Å²) < 4.78 is 5.16. The molecule has 0 spiro atoms. The molecule has 1 aromatic carbocycles. The van der Waals surface area contributed by atoms with Crippen LogP contribution in [0, 0.1) is 16.0 Å². The normalized spacial score (nSPS) is 16.2. The molecule has 3 amide bonds. The van der Waals surface area contributed by atoms with E-state index < -0.39 is 4.92 Å². The van der Waals surface area contributed by atoms with Gasteiger partial charge in [-0.3, -0.25) is 14.9 Å². The summed E-state index contributed by atoms with van der Waals surface area (Å²) >= 11 is 1.57. The van der Waals surface area contributed by atoms with E-state index in [-0.39, 0.29) is 29.3 Å². The van der Waals surface area contributed by atoms with Crippen molar-refractivity contribution in [1.82, 2.24) is 10.2 Å². The molecule has 2 N–H and O–H groups in total. The molecule has 1 unspecified atom stereocenters. The summed E-state index contributed by atoms with van der Waals surface area (Å²) in [5.41, 5.74) is 0.244. The maximum absolute atomic E-state index is 12.7. The summed E-state index contributed by atoms with van der Waals surface area (Å²) in [4.78, 5) is 38.2. The number of rotatable bonds is 6. The lowest BCUT2D eigenvalue weighted by Gasteiger charge is -2.32. The monoisotopic (exact) mass is 418 g/mol. The average Bonchev–Trinajstić information content (AvgIpc) is 3.25. The highest BCUT2D eigenvalue weighted by molar-refractivity contribution is 7.09. The second-order valence-corrected chi connectivity index (χ2v) is 7.69. The van der Waals surface area contributed by atoms with E-state index >= 15 is 0 Å². The lowest BCUT2D eigenvalue weighted by atomic mass is 9.97. The third-order valence-electron chi connectivity index (χ3n) is 4.73.